The molecule has 0 aliphatic carbocycles. The van der Waals surface area contributed by atoms with E-state index >= 15 is 0 Å². The Bertz CT molecular complexity index is 889. The van der Waals surface area contributed by atoms with Crippen molar-refractivity contribution in [3.63, 3.8) is 0 Å². The summed E-state index contributed by atoms with van der Waals surface area (Å²) in [6, 6.07) is 7.02. The van der Waals surface area contributed by atoms with Crippen LogP contribution in [0.1, 0.15) is 17.8 Å². The number of aromatic nitrogens is 2. The van der Waals surface area contributed by atoms with Crippen LogP contribution in [0, 0.1) is 19.7 Å². The van der Waals surface area contributed by atoms with E-state index < -0.39 is 5.82 Å². The number of hydrogen-bond donors (Lipinski definition) is 1. The van der Waals surface area contributed by atoms with E-state index in [0.717, 1.165) is 48.4 Å². The number of amides is 2. The molecule has 2 aromatic rings. The van der Waals surface area contributed by atoms with E-state index in [1.165, 1.54) is 29.2 Å². The van der Waals surface area contributed by atoms with Gasteiger partial charge in [0, 0.05) is 11.4 Å². The normalized spacial score (nSPS) is 20.9. The fourth-order valence-corrected chi connectivity index (χ4v) is 4.00. The number of nitrogens with zero attached hydrogens (tertiary/aromatic N) is 4. The van der Waals surface area contributed by atoms with Gasteiger partial charge in [-0.25, -0.2) is 19.3 Å². The van der Waals surface area contributed by atoms with Gasteiger partial charge in [0.05, 0.1) is 38.3 Å². The minimum absolute atomic E-state index is 0.186. The van der Waals surface area contributed by atoms with Gasteiger partial charge in [-0.2, -0.15) is 0 Å². The lowest BCUT2D eigenvalue weighted by molar-refractivity contribution is -0.915. The molecule has 2 amide bonds. The molecule has 2 saturated heterocycles. The summed E-state index contributed by atoms with van der Waals surface area (Å²) >= 11 is 0. The van der Waals surface area contributed by atoms with Gasteiger partial charge in [-0.1, -0.05) is 0 Å². The molecule has 7 nitrogen and oxygen atoms in total. The quantitative estimate of drug-likeness (QED) is 0.770. The molecule has 0 saturated carbocycles. The molecule has 1 aromatic heterocycles. The fraction of sp³-hybridized carbons (Fsp3) is 0.400. The summed E-state index contributed by atoms with van der Waals surface area (Å²) in [4.78, 5) is 38.8. The van der Waals surface area contributed by atoms with Crippen LogP contribution in [0.4, 0.5) is 16.0 Å². The van der Waals surface area contributed by atoms with Crippen molar-refractivity contribution in [1.82, 2.24) is 9.97 Å². The van der Waals surface area contributed by atoms with Crippen LogP contribution in [0.2, 0.25) is 0 Å². The lowest BCUT2D eigenvalue weighted by Gasteiger charge is -2.34. The number of carbonyl (C=O) groups excluding carboxylic acids is 2. The van der Waals surface area contributed by atoms with E-state index in [4.69, 9.17) is 0 Å². The van der Waals surface area contributed by atoms with E-state index in [-0.39, 0.29) is 24.3 Å². The van der Waals surface area contributed by atoms with Crippen LogP contribution in [0.5, 0.6) is 0 Å². The van der Waals surface area contributed by atoms with Gasteiger partial charge in [0.1, 0.15) is 5.82 Å². The van der Waals surface area contributed by atoms with E-state index in [0.29, 0.717) is 5.69 Å². The number of carbonyl (C=O) groups is 2. The molecule has 0 bridgehead atoms. The summed E-state index contributed by atoms with van der Waals surface area (Å²) in [6.45, 7) is 6.83. The average Bonchev–Trinajstić information content (AvgIpc) is 2.96. The van der Waals surface area contributed by atoms with Gasteiger partial charge in [0.2, 0.25) is 11.9 Å². The van der Waals surface area contributed by atoms with Crippen LogP contribution in [0.3, 0.4) is 0 Å². The molecular formula is C20H23FN5O2+. The molecular weight excluding hydrogens is 361 g/mol. The number of anilines is 2. The summed E-state index contributed by atoms with van der Waals surface area (Å²) in [5.41, 5.74) is 2.30. The van der Waals surface area contributed by atoms with Crippen molar-refractivity contribution >= 4 is 23.5 Å². The van der Waals surface area contributed by atoms with E-state index in [1.807, 2.05) is 19.9 Å². The Morgan fingerprint density at radius 3 is 2.25 bits per heavy atom. The molecule has 3 heterocycles. The molecule has 1 aromatic carbocycles. The predicted molar refractivity (Wildman–Crippen MR) is 102 cm³/mol. The molecule has 1 atom stereocenters. The van der Waals surface area contributed by atoms with E-state index in [1.54, 1.807) is 0 Å². The number of piperazine rings is 1. The number of quaternary nitrogens is 1. The summed E-state index contributed by atoms with van der Waals surface area (Å²) in [5, 5.41) is 0. The summed E-state index contributed by atoms with van der Waals surface area (Å²) in [6.07, 6.45) is 0.186. The monoisotopic (exact) mass is 384 g/mol. The Morgan fingerprint density at radius 1 is 1.04 bits per heavy atom. The third kappa shape index (κ3) is 3.47. The van der Waals surface area contributed by atoms with Crippen LogP contribution in [-0.2, 0) is 9.59 Å². The maximum atomic E-state index is 13.2. The van der Waals surface area contributed by atoms with Crippen molar-refractivity contribution in [2.24, 2.45) is 0 Å². The second-order valence-electron chi connectivity index (χ2n) is 7.40. The van der Waals surface area contributed by atoms with Crippen molar-refractivity contribution in [3.05, 3.63) is 47.5 Å². The SMILES string of the molecule is Cc1cc(C)nc(N2CC[NH+]([C@@H]3CC(=O)N(c4ccc(F)cc4)C3=O)CC2)n1. The van der Waals surface area contributed by atoms with Gasteiger partial charge >= 0.3 is 0 Å². The third-order valence-corrected chi connectivity index (χ3v) is 5.38. The molecule has 8 heteroatoms. The second kappa shape index (κ2) is 7.27. The highest BCUT2D eigenvalue weighted by atomic mass is 19.1. The average molecular weight is 384 g/mol. The largest absolute Gasteiger partial charge is 0.330 e. The van der Waals surface area contributed by atoms with Crippen molar-refractivity contribution in [1.29, 1.82) is 0 Å². The third-order valence-electron chi connectivity index (χ3n) is 5.38. The Hall–Kier alpha value is -2.87. The van der Waals surface area contributed by atoms with Crippen molar-refractivity contribution < 1.29 is 18.9 Å². The first-order valence-electron chi connectivity index (χ1n) is 9.46. The number of benzene rings is 1. The summed E-state index contributed by atoms with van der Waals surface area (Å²) < 4.78 is 13.2. The number of halogens is 1. The maximum absolute atomic E-state index is 13.2. The first kappa shape index (κ1) is 18.5. The Balaban J connectivity index is 1.44. The molecule has 0 unspecified atom stereocenters. The van der Waals surface area contributed by atoms with Crippen LogP contribution in [-0.4, -0.2) is 54.0 Å². The van der Waals surface area contributed by atoms with Gasteiger partial charge in [-0.3, -0.25) is 9.59 Å². The zero-order valence-electron chi connectivity index (χ0n) is 16.0. The first-order chi connectivity index (χ1) is 13.4. The predicted octanol–water partition coefficient (Wildman–Crippen LogP) is 0.270. The molecule has 4 rings (SSSR count). The van der Waals surface area contributed by atoms with Crippen LogP contribution in [0.15, 0.2) is 30.3 Å². The zero-order chi connectivity index (χ0) is 19.8. The Morgan fingerprint density at radius 2 is 1.64 bits per heavy atom. The lowest BCUT2D eigenvalue weighted by Crippen LogP contribution is -3.19. The van der Waals surface area contributed by atoms with Gasteiger partial charge in [-0.15, -0.1) is 0 Å². The van der Waals surface area contributed by atoms with Gasteiger partial charge < -0.3 is 9.80 Å². The lowest BCUT2D eigenvalue weighted by atomic mass is 10.2. The number of aryl methyl sites for hydroxylation is 2. The molecule has 0 radical (unpaired) electrons. The van der Waals surface area contributed by atoms with E-state index in [9.17, 15) is 14.0 Å². The van der Waals surface area contributed by atoms with Crippen LogP contribution in [0.25, 0.3) is 0 Å². The van der Waals surface area contributed by atoms with Gasteiger partial charge in [0.25, 0.3) is 5.91 Å². The highest BCUT2D eigenvalue weighted by Crippen LogP contribution is 2.22. The van der Waals surface area contributed by atoms with Crippen LogP contribution >= 0.6 is 0 Å². The molecule has 1 N–H and O–H groups in total. The molecule has 2 aliphatic rings. The highest BCUT2D eigenvalue weighted by molar-refractivity contribution is 6.21. The smallest absolute Gasteiger partial charge is 0.292 e. The number of hydrogen-bond acceptors (Lipinski definition) is 5. The fourth-order valence-electron chi connectivity index (χ4n) is 4.00. The Kier molecular flexibility index (Phi) is 4.80. The Labute approximate surface area is 162 Å². The van der Waals surface area contributed by atoms with Crippen molar-refractivity contribution in [2.75, 3.05) is 36.0 Å². The number of nitrogens with one attached hydrogen (secondary N) is 1. The second-order valence-corrected chi connectivity index (χ2v) is 7.40. The van der Waals surface area contributed by atoms with Crippen molar-refractivity contribution in [3.8, 4) is 0 Å². The first-order valence-corrected chi connectivity index (χ1v) is 9.46. The standard InChI is InChI=1S/C20H22FN5O2/c1-13-11-14(2)23-20(22-13)25-9-7-24(8-10-25)17-12-18(27)26(19(17)28)16-5-3-15(21)4-6-16/h3-6,11,17H,7-10,12H2,1-2H3/p+1/t17-/m1/s1. The zero-order valence-corrected chi connectivity index (χ0v) is 16.0. The molecule has 28 heavy (non-hydrogen) atoms. The minimum Gasteiger partial charge on any atom is -0.330 e. The minimum atomic E-state index is -0.394. The topological polar surface area (TPSA) is 70.8 Å². The van der Waals surface area contributed by atoms with Gasteiger partial charge in [-0.05, 0) is 44.2 Å². The molecule has 2 aliphatic heterocycles. The molecule has 2 fully saturated rings. The summed E-state index contributed by atoms with van der Waals surface area (Å²) in [5.74, 6) is -0.107. The van der Waals surface area contributed by atoms with Crippen molar-refractivity contribution in [2.45, 2.75) is 26.3 Å². The highest BCUT2D eigenvalue weighted by Gasteiger charge is 2.46. The molecule has 0 spiro atoms. The van der Waals surface area contributed by atoms with Gasteiger partial charge in [0.15, 0.2) is 6.04 Å². The maximum Gasteiger partial charge on any atom is 0.292 e. The summed E-state index contributed by atoms with van der Waals surface area (Å²) in [7, 11) is 0. The number of imide groups is 1. The number of rotatable bonds is 3. The molecule has 146 valence electrons. The van der Waals surface area contributed by atoms with E-state index in [2.05, 4.69) is 14.9 Å². The van der Waals surface area contributed by atoms with Crippen LogP contribution < -0.4 is 14.7 Å².